The van der Waals surface area contributed by atoms with Crippen LogP contribution in [0.1, 0.15) is 32.6 Å². The van der Waals surface area contributed by atoms with Crippen molar-refractivity contribution in [3.8, 4) is 11.8 Å². The maximum Gasteiger partial charge on any atom is 0.268 e. The number of carbonyl (C=O) groups excluding carboxylic acids is 1. The first-order chi connectivity index (χ1) is 13.9. The van der Waals surface area contributed by atoms with Crippen LogP contribution >= 0.6 is 22.7 Å². The number of thiophene rings is 2. The van der Waals surface area contributed by atoms with E-state index in [1.807, 2.05) is 45.0 Å². The summed E-state index contributed by atoms with van der Waals surface area (Å²) in [6.45, 7) is 6.31. The molecule has 0 spiro atoms. The van der Waals surface area contributed by atoms with Gasteiger partial charge < -0.3 is 15.8 Å². The Balaban J connectivity index is 1.75. The second-order valence-corrected chi connectivity index (χ2v) is 8.75. The zero-order valence-corrected chi connectivity index (χ0v) is 17.8. The number of benzene rings is 1. The Morgan fingerprint density at radius 2 is 2.10 bits per heavy atom. The number of hydrogen-bond donors (Lipinski definition) is 2. The van der Waals surface area contributed by atoms with Gasteiger partial charge in [0.2, 0.25) is 0 Å². The van der Waals surface area contributed by atoms with E-state index in [-0.39, 0.29) is 5.91 Å². The summed E-state index contributed by atoms with van der Waals surface area (Å²) in [6.07, 6.45) is 0. The maximum atomic E-state index is 12.9. The molecular formula is C21H18N4O2S2. The highest BCUT2D eigenvalue weighted by molar-refractivity contribution is 7.21. The van der Waals surface area contributed by atoms with Gasteiger partial charge in [-0.25, -0.2) is 4.98 Å². The Morgan fingerprint density at radius 1 is 1.31 bits per heavy atom. The largest absolute Gasteiger partial charge is 0.494 e. The lowest BCUT2D eigenvalue weighted by molar-refractivity contribution is 0.103. The molecule has 0 unspecified atom stereocenters. The molecule has 3 aromatic heterocycles. The third-order valence-corrected chi connectivity index (χ3v) is 6.97. The fourth-order valence-electron chi connectivity index (χ4n) is 3.11. The van der Waals surface area contributed by atoms with Gasteiger partial charge in [0, 0.05) is 21.7 Å². The topological polar surface area (TPSA) is 101 Å². The average molecular weight is 423 g/mol. The van der Waals surface area contributed by atoms with Crippen molar-refractivity contribution in [1.82, 2.24) is 4.98 Å². The number of anilines is 2. The number of carbonyl (C=O) groups is 1. The molecule has 8 heteroatoms. The fraction of sp³-hybridized carbons (Fsp3) is 0.190. The van der Waals surface area contributed by atoms with Crippen LogP contribution in [0.15, 0.2) is 24.3 Å². The average Bonchev–Trinajstić information content (AvgIpc) is 3.16. The van der Waals surface area contributed by atoms with E-state index in [0.717, 1.165) is 32.5 Å². The van der Waals surface area contributed by atoms with Crippen molar-refractivity contribution in [2.45, 2.75) is 20.8 Å². The minimum absolute atomic E-state index is 0.331. The first-order valence-electron chi connectivity index (χ1n) is 9.00. The third-order valence-electron chi connectivity index (χ3n) is 4.73. The molecule has 146 valence electrons. The lowest BCUT2D eigenvalue weighted by Gasteiger charge is -2.04. The highest BCUT2D eigenvalue weighted by atomic mass is 32.1. The predicted molar refractivity (Wildman–Crippen MR) is 119 cm³/mol. The Bertz CT molecular complexity index is 1310. The van der Waals surface area contributed by atoms with E-state index in [1.54, 1.807) is 0 Å². The number of amides is 1. The van der Waals surface area contributed by atoms with Crippen molar-refractivity contribution in [1.29, 1.82) is 5.26 Å². The predicted octanol–water partition coefficient (Wildman–Crippen LogP) is 5.23. The van der Waals surface area contributed by atoms with Gasteiger partial charge in [-0.05, 0) is 44.5 Å². The Kier molecular flexibility index (Phi) is 4.86. The molecule has 29 heavy (non-hydrogen) atoms. The van der Waals surface area contributed by atoms with Crippen molar-refractivity contribution in [2.75, 3.05) is 17.7 Å². The second kappa shape index (κ2) is 7.35. The molecule has 0 aliphatic carbocycles. The molecule has 0 radical (unpaired) electrons. The molecule has 0 aliphatic rings. The summed E-state index contributed by atoms with van der Waals surface area (Å²) in [4.78, 5) is 19.6. The summed E-state index contributed by atoms with van der Waals surface area (Å²) in [7, 11) is 0. The van der Waals surface area contributed by atoms with E-state index in [0.29, 0.717) is 32.6 Å². The smallest absolute Gasteiger partial charge is 0.268 e. The molecular weight excluding hydrogens is 404 g/mol. The van der Waals surface area contributed by atoms with Crippen molar-refractivity contribution in [3.63, 3.8) is 0 Å². The Labute approximate surface area is 175 Å². The Hall–Kier alpha value is -3.15. The SMILES string of the molecule is CCOc1ccc2cc3c(N)c(C(=O)Nc4sc(C)c(C)c4C#N)sc3nc2c1. The highest BCUT2D eigenvalue weighted by Gasteiger charge is 2.21. The van der Waals surface area contributed by atoms with Crippen molar-refractivity contribution < 1.29 is 9.53 Å². The van der Waals surface area contributed by atoms with Gasteiger partial charge >= 0.3 is 0 Å². The number of nitriles is 1. The van der Waals surface area contributed by atoms with Gasteiger partial charge in [0.1, 0.15) is 26.5 Å². The number of aryl methyl sites for hydroxylation is 1. The summed E-state index contributed by atoms with van der Waals surface area (Å²) in [6, 6.07) is 9.80. The molecule has 4 rings (SSSR count). The number of hydrogen-bond acceptors (Lipinski definition) is 7. The zero-order chi connectivity index (χ0) is 20.7. The van der Waals surface area contributed by atoms with E-state index < -0.39 is 0 Å². The first-order valence-corrected chi connectivity index (χ1v) is 10.6. The monoisotopic (exact) mass is 422 g/mol. The lowest BCUT2D eigenvalue weighted by Crippen LogP contribution is -2.11. The number of fused-ring (bicyclic) bond motifs is 2. The van der Waals surface area contributed by atoms with Crippen LogP contribution in [-0.4, -0.2) is 17.5 Å². The molecule has 0 fully saturated rings. The zero-order valence-electron chi connectivity index (χ0n) is 16.1. The van der Waals surface area contributed by atoms with E-state index in [4.69, 9.17) is 10.5 Å². The molecule has 0 saturated carbocycles. The molecule has 0 saturated heterocycles. The van der Waals surface area contributed by atoms with Gasteiger partial charge in [0.25, 0.3) is 5.91 Å². The summed E-state index contributed by atoms with van der Waals surface area (Å²) in [5.74, 6) is 0.420. The quantitative estimate of drug-likeness (QED) is 0.469. The van der Waals surface area contributed by atoms with Gasteiger partial charge in [-0.1, -0.05) is 0 Å². The molecule has 1 aromatic carbocycles. The third kappa shape index (κ3) is 3.28. The molecule has 1 amide bonds. The number of ether oxygens (including phenoxy) is 1. The number of nitrogen functional groups attached to an aromatic ring is 1. The molecule has 4 aromatic rings. The molecule has 3 N–H and O–H groups in total. The minimum Gasteiger partial charge on any atom is -0.494 e. The number of rotatable bonds is 4. The molecule has 0 aliphatic heterocycles. The molecule has 0 bridgehead atoms. The maximum absolute atomic E-state index is 12.9. The number of nitrogens with zero attached hydrogens (tertiary/aromatic N) is 2. The van der Waals surface area contributed by atoms with Crippen LogP contribution in [0.25, 0.3) is 21.1 Å². The van der Waals surface area contributed by atoms with Gasteiger partial charge in [-0.15, -0.1) is 22.7 Å². The van der Waals surface area contributed by atoms with Gasteiger partial charge in [-0.3, -0.25) is 4.79 Å². The molecule has 3 heterocycles. The number of aromatic nitrogens is 1. The van der Waals surface area contributed by atoms with Crippen LogP contribution in [0, 0.1) is 25.2 Å². The van der Waals surface area contributed by atoms with Crippen LogP contribution in [-0.2, 0) is 0 Å². The van der Waals surface area contributed by atoms with Crippen LogP contribution in [0.3, 0.4) is 0 Å². The second-order valence-electron chi connectivity index (χ2n) is 6.53. The number of nitrogens with two attached hydrogens (primary N) is 1. The minimum atomic E-state index is -0.331. The van der Waals surface area contributed by atoms with Crippen LogP contribution < -0.4 is 15.8 Å². The van der Waals surface area contributed by atoms with E-state index >= 15 is 0 Å². The highest BCUT2D eigenvalue weighted by Crippen LogP contribution is 2.37. The molecule has 0 atom stereocenters. The van der Waals surface area contributed by atoms with Gasteiger partial charge in [-0.2, -0.15) is 5.26 Å². The van der Waals surface area contributed by atoms with E-state index in [2.05, 4.69) is 16.4 Å². The standard InChI is InChI=1S/C21H18N4O2S2/c1-4-27-13-6-5-12-7-14-17(23)18(29-20(14)24-16(12)8-13)19(26)25-21-15(9-22)10(2)11(3)28-21/h5-8H,4,23H2,1-3H3,(H,25,26). The number of pyridine rings is 1. The fourth-order valence-corrected chi connectivity index (χ4v) is 5.09. The first kappa shape index (κ1) is 19.2. The lowest BCUT2D eigenvalue weighted by atomic mass is 10.1. The van der Waals surface area contributed by atoms with Crippen molar-refractivity contribution in [3.05, 3.63) is 45.1 Å². The van der Waals surface area contributed by atoms with E-state index in [1.165, 1.54) is 22.7 Å². The summed E-state index contributed by atoms with van der Waals surface area (Å²) < 4.78 is 5.54. The summed E-state index contributed by atoms with van der Waals surface area (Å²) in [5.41, 5.74) is 8.85. The normalized spacial score (nSPS) is 11.0. The van der Waals surface area contributed by atoms with Crippen molar-refractivity contribution in [2.24, 2.45) is 0 Å². The summed E-state index contributed by atoms with van der Waals surface area (Å²) in [5, 5.41) is 14.5. The van der Waals surface area contributed by atoms with E-state index in [9.17, 15) is 10.1 Å². The van der Waals surface area contributed by atoms with Gasteiger partial charge in [0.05, 0.1) is 23.4 Å². The van der Waals surface area contributed by atoms with Crippen LogP contribution in [0.2, 0.25) is 0 Å². The Morgan fingerprint density at radius 3 is 2.83 bits per heavy atom. The number of nitrogens with one attached hydrogen (secondary N) is 1. The molecule has 6 nitrogen and oxygen atoms in total. The summed E-state index contributed by atoms with van der Waals surface area (Å²) >= 11 is 2.63. The van der Waals surface area contributed by atoms with Crippen LogP contribution in [0.5, 0.6) is 5.75 Å². The van der Waals surface area contributed by atoms with Crippen LogP contribution in [0.4, 0.5) is 10.7 Å². The van der Waals surface area contributed by atoms with Crippen molar-refractivity contribution >= 4 is 60.4 Å². The van der Waals surface area contributed by atoms with Gasteiger partial charge in [0.15, 0.2) is 0 Å².